The molecule has 0 radical (unpaired) electrons. The maximum Gasteiger partial charge on any atom is 0.243 e. The second-order valence-corrected chi connectivity index (χ2v) is 10.9. The number of carbonyl (C=O) groups is 3. The average molecular weight is 586 g/mol. The van der Waals surface area contributed by atoms with E-state index >= 15 is 0 Å². The van der Waals surface area contributed by atoms with Crippen LogP contribution in [0, 0.1) is 12.7 Å². The molecule has 0 spiro atoms. The number of rotatable bonds is 7. The van der Waals surface area contributed by atoms with E-state index in [0.29, 0.717) is 38.8 Å². The van der Waals surface area contributed by atoms with E-state index in [1.165, 1.54) is 30.0 Å². The summed E-state index contributed by atoms with van der Waals surface area (Å²) in [4.78, 5) is 40.7. The lowest BCUT2D eigenvalue weighted by atomic mass is 10.0. The number of carbonyl (C=O) groups excluding carboxylic acids is 3. The van der Waals surface area contributed by atoms with Crippen LogP contribution in [0.25, 0.3) is 33.0 Å². The van der Waals surface area contributed by atoms with Crippen LogP contribution in [-0.4, -0.2) is 56.0 Å². The third kappa shape index (κ3) is 5.26. The molecule has 2 aromatic carbocycles. The lowest BCUT2D eigenvalue weighted by Gasteiger charge is -2.25. The Bertz CT molecular complexity index is 1880. The van der Waals surface area contributed by atoms with Crippen LogP contribution in [0.3, 0.4) is 0 Å². The van der Waals surface area contributed by atoms with Crippen LogP contribution in [0.15, 0.2) is 65.5 Å². The van der Waals surface area contributed by atoms with E-state index in [2.05, 4.69) is 15.5 Å². The number of aryl methyl sites for hydroxylation is 1. The first-order valence-electron chi connectivity index (χ1n) is 13.9. The van der Waals surface area contributed by atoms with E-state index in [1.54, 1.807) is 37.0 Å². The molecule has 3 aromatic heterocycles. The summed E-state index contributed by atoms with van der Waals surface area (Å²) in [6.07, 6.45) is 3.32. The number of fused-ring (bicyclic) bond motifs is 2. The molecule has 1 N–H and O–H groups in total. The first-order chi connectivity index (χ1) is 20.6. The van der Waals surface area contributed by atoms with Gasteiger partial charge >= 0.3 is 0 Å². The topological polar surface area (TPSA) is 110 Å². The van der Waals surface area contributed by atoms with Crippen LogP contribution in [0.5, 0.6) is 0 Å². The number of alkyl halides is 1. The molecule has 0 saturated carbocycles. The lowest BCUT2D eigenvalue weighted by Crippen LogP contribution is -2.47. The SMILES string of the molecule is CC(=O)c1cn(CC(=O)N2C[C@H](F)CC2C(=O)NC(C)c2oc3ccc(F)cc3c2C)c2ccc(-c3ccnnc3)cc12. The van der Waals surface area contributed by atoms with Gasteiger partial charge in [-0.25, -0.2) is 8.78 Å². The summed E-state index contributed by atoms with van der Waals surface area (Å²) in [6, 6.07) is 9.93. The monoisotopic (exact) mass is 585 g/mol. The third-order valence-electron chi connectivity index (χ3n) is 8.04. The Morgan fingerprint density at radius 1 is 1.09 bits per heavy atom. The van der Waals surface area contributed by atoms with Crippen molar-refractivity contribution in [2.24, 2.45) is 0 Å². The first kappa shape index (κ1) is 28.2. The second kappa shape index (κ2) is 11.0. The van der Waals surface area contributed by atoms with Gasteiger partial charge in [0.2, 0.25) is 11.8 Å². The summed E-state index contributed by atoms with van der Waals surface area (Å²) in [7, 11) is 0. The number of aromatic nitrogens is 3. The van der Waals surface area contributed by atoms with Crippen molar-refractivity contribution in [2.45, 2.75) is 52.0 Å². The minimum atomic E-state index is -1.36. The maximum absolute atomic E-state index is 14.7. The van der Waals surface area contributed by atoms with Gasteiger partial charge in [-0.05, 0) is 62.7 Å². The fourth-order valence-electron chi connectivity index (χ4n) is 5.90. The van der Waals surface area contributed by atoms with Gasteiger partial charge in [-0.15, -0.1) is 0 Å². The molecule has 1 aliphatic rings. The van der Waals surface area contributed by atoms with Crippen molar-refractivity contribution in [1.29, 1.82) is 0 Å². The number of hydrogen-bond donors (Lipinski definition) is 1. The molecule has 5 aromatic rings. The quantitative estimate of drug-likeness (QED) is 0.259. The van der Waals surface area contributed by atoms with Crippen LogP contribution in [0.4, 0.5) is 8.78 Å². The van der Waals surface area contributed by atoms with Gasteiger partial charge in [-0.1, -0.05) is 6.07 Å². The van der Waals surface area contributed by atoms with Crippen LogP contribution < -0.4 is 5.32 Å². The molecule has 0 bridgehead atoms. The lowest BCUT2D eigenvalue weighted by molar-refractivity contribution is -0.139. The number of nitrogens with one attached hydrogen (secondary N) is 1. The van der Waals surface area contributed by atoms with E-state index < -0.39 is 35.9 Å². The van der Waals surface area contributed by atoms with E-state index in [1.807, 2.05) is 24.3 Å². The molecule has 43 heavy (non-hydrogen) atoms. The van der Waals surface area contributed by atoms with Gasteiger partial charge in [0, 0.05) is 45.6 Å². The van der Waals surface area contributed by atoms with E-state index in [0.717, 1.165) is 11.1 Å². The molecule has 1 saturated heterocycles. The minimum Gasteiger partial charge on any atom is -0.459 e. The summed E-state index contributed by atoms with van der Waals surface area (Å²) < 4.78 is 36.0. The molecule has 3 atom stereocenters. The van der Waals surface area contributed by atoms with Crippen molar-refractivity contribution < 1.29 is 27.6 Å². The van der Waals surface area contributed by atoms with E-state index in [9.17, 15) is 23.2 Å². The highest BCUT2D eigenvalue weighted by Gasteiger charge is 2.40. The molecule has 9 nitrogen and oxygen atoms in total. The Hall–Kier alpha value is -4.93. The van der Waals surface area contributed by atoms with Crippen molar-refractivity contribution in [3.05, 3.63) is 83.8 Å². The van der Waals surface area contributed by atoms with Gasteiger partial charge in [0.1, 0.15) is 35.9 Å². The van der Waals surface area contributed by atoms with Crippen molar-refractivity contribution in [3.8, 4) is 11.1 Å². The van der Waals surface area contributed by atoms with Gasteiger partial charge in [-0.3, -0.25) is 14.4 Å². The third-order valence-corrected chi connectivity index (χ3v) is 8.04. The molecular weight excluding hydrogens is 556 g/mol. The zero-order valence-electron chi connectivity index (χ0n) is 23.8. The van der Waals surface area contributed by atoms with E-state index in [-0.39, 0.29) is 25.3 Å². The number of ketones is 1. The fraction of sp³-hybridized carbons (Fsp3) is 0.281. The van der Waals surface area contributed by atoms with Gasteiger partial charge < -0.3 is 19.2 Å². The number of furan rings is 1. The Labute approximate surface area is 245 Å². The predicted molar refractivity (Wildman–Crippen MR) is 155 cm³/mol. The maximum atomic E-state index is 14.7. The molecule has 4 heterocycles. The normalized spacial score (nSPS) is 17.5. The van der Waals surface area contributed by atoms with E-state index in [4.69, 9.17) is 4.42 Å². The Morgan fingerprint density at radius 2 is 1.91 bits per heavy atom. The van der Waals surface area contributed by atoms with Crippen LogP contribution in [0.1, 0.15) is 48.0 Å². The van der Waals surface area contributed by atoms with Crippen LogP contribution >= 0.6 is 0 Å². The Morgan fingerprint density at radius 3 is 2.65 bits per heavy atom. The average Bonchev–Trinajstić information content (AvgIpc) is 3.66. The van der Waals surface area contributed by atoms with Gasteiger partial charge in [0.05, 0.1) is 25.0 Å². The summed E-state index contributed by atoms with van der Waals surface area (Å²) in [5.74, 6) is -1.06. The van der Waals surface area contributed by atoms with Gasteiger partial charge in [0.25, 0.3) is 0 Å². The number of amides is 2. The standard InChI is InChI=1S/C32H29F2N5O4/c1-17-24-11-22(33)5-7-29(24)43-31(17)18(2)37-32(42)28-12-23(34)14-39(28)30(41)16-38-15-26(19(3)40)25-10-20(4-6-27(25)38)21-8-9-35-36-13-21/h4-11,13,15,18,23,28H,12,14,16H2,1-3H3,(H,37,42)/t18?,23-,28?/m1/s1. The largest absolute Gasteiger partial charge is 0.459 e. The van der Waals surface area contributed by atoms with Gasteiger partial charge in [0.15, 0.2) is 5.78 Å². The summed E-state index contributed by atoms with van der Waals surface area (Å²) in [6.45, 7) is 4.56. The molecule has 220 valence electrons. The Balaban J connectivity index is 1.23. The number of hydrogen-bond acceptors (Lipinski definition) is 6. The van der Waals surface area contributed by atoms with Crippen molar-refractivity contribution in [2.75, 3.05) is 6.54 Å². The number of benzene rings is 2. The number of Topliss-reactive ketones (excluding diaryl/α,β-unsaturated/α-hetero) is 1. The minimum absolute atomic E-state index is 0.136. The van der Waals surface area contributed by atoms with Crippen molar-refractivity contribution in [3.63, 3.8) is 0 Å². The highest BCUT2D eigenvalue weighted by molar-refractivity contribution is 6.08. The molecule has 0 aliphatic carbocycles. The van der Waals surface area contributed by atoms with Crippen molar-refractivity contribution >= 4 is 39.5 Å². The Kier molecular flexibility index (Phi) is 7.25. The zero-order chi connectivity index (χ0) is 30.4. The van der Waals surface area contributed by atoms with Crippen molar-refractivity contribution in [1.82, 2.24) is 25.0 Å². The number of nitrogens with zero attached hydrogens (tertiary/aromatic N) is 4. The molecule has 11 heteroatoms. The van der Waals surface area contributed by atoms with Gasteiger partial charge in [-0.2, -0.15) is 10.2 Å². The molecular formula is C32H29F2N5O4. The highest BCUT2D eigenvalue weighted by atomic mass is 19.1. The first-order valence-corrected chi connectivity index (χ1v) is 13.9. The second-order valence-electron chi connectivity index (χ2n) is 10.9. The predicted octanol–water partition coefficient (Wildman–Crippen LogP) is 5.31. The number of halogens is 2. The zero-order valence-corrected chi connectivity index (χ0v) is 23.8. The number of likely N-dealkylation sites (tertiary alicyclic amines) is 1. The summed E-state index contributed by atoms with van der Waals surface area (Å²) in [5.41, 5.74) is 3.95. The summed E-state index contributed by atoms with van der Waals surface area (Å²) in [5, 5.41) is 11.8. The van der Waals surface area contributed by atoms with Crippen LogP contribution in [-0.2, 0) is 16.1 Å². The summed E-state index contributed by atoms with van der Waals surface area (Å²) >= 11 is 0. The molecule has 6 rings (SSSR count). The molecule has 2 unspecified atom stereocenters. The fourth-order valence-corrected chi connectivity index (χ4v) is 5.90. The molecule has 2 amide bonds. The van der Waals surface area contributed by atoms with Crippen LogP contribution in [0.2, 0.25) is 0 Å². The molecule has 1 aliphatic heterocycles. The highest BCUT2D eigenvalue weighted by Crippen LogP contribution is 2.32. The molecule has 1 fully saturated rings. The smallest absolute Gasteiger partial charge is 0.243 e.